The van der Waals surface area contributed by atoms with Crippen molar-refractivity contribution in [2.24, 2.45) is 0 Å². The van der Waals surface area contributed by atoms with Gasteiger partial charge >= 0.3 is 0 Å². The van der Waals surface area contributed by atoms with Crippen LogP contribution in [0.15, 0.2) is 0 Å². The second-order valence-electron chi connectivity index (χ2n) is 2.36. The first-order valence-electron chi connectivity index (χ1n) is 3.47. The zero-order valence-corrected chi connectivity index (χ0v) is 6.69. The van der Waals surface area contributed by atoms with Gasteiger partial charge in [-0.15, -0.1) is 0 Å². The highest BCUT2D eigenvalue weighted by Crippen LogP contribution is 2.08. The van der Waals surface area contributed by atoms with Gasteiger partial charge in [-0.2, -0.15) is 12.6 Å². The van der Waals surface area contributed by atoms with Gasteiger partial charge in [0.05, 0.1) is 5.37 Å². The summed E-state index contributed by atoms with van der Waals surface area (Å²) < 4.78 is 0. The molecule has 0 radical (unpaired) electrons. The molecule has 1 atom stereocenters. The number of hydrogen-bond donors (Lipinski definition) is 2. The molecule has 1 rings (SSSR count). The Morgan fingerprint density at radius 3 is 3.00 bits per heavy atom. The number of hydrogen-bond acceptors (Lipinski definition) is 3. The van der Waals surface area contributed by atoms with E-state index in [4.69, 9.17) is 0 Å². The van der Waals surface area contributed by atoms with Gasteiger partial charge in [0.1, 0.15) is 0 Å². The van der Waals surface area contributed by atoms with Gasteiger partial charge in [-0.3, -0.25) is 4.90 Å². The second kappa shape index (κ2) is 3.44. The SMILES string of the molecule is CCC(S)N1CCNC1. The minimum absolute atomic E-state index is 0.458. The fourth-order valence-electron chi connectivity index (χ4n) is 1.04. The van der Waals surface area contributed by atoms with Crippen molar-refractivity contribution >= 4 is 12.6 Å². The largest absolute Gasteiger partial charge is 0.303 e. The molecule has 54 valence electrons. The molecule has 9 heavy (non-hydrogen) atoms. The van der Waals surface area contributed by atoms with Crippen LogP contribution in [0.4, 0.5) is 0 Å². The van der Waals surface area contributed by atoms with Gasteiger partial charge in [-0.25, -0.2) is 0 Å². The molecule has 0 saturated carbocycles. The Balaban J connectivity index is 2.24. The average Bonchev–Trinajstić information content (AvgIpc) is 2.37. The lowest BCUT2D eigenvalue weighted by molar-refractivity contribution is 0.310. The lowest BCUT2D eigenvalue weighted by atomic mass is 10.4. The molecule has 0 aromatic carbocycles. The summed E-state index contributed by atoms with van der Waals surface area (Å²) in [6, 6.07) is 0. The molecule has 1 heterocycles. The Kier molecular flexibility index (Phi) is 2.82. The average molecular weight is 146 g/mol. The second-order valence-corrected chi connectivity index (χ2v) is 2.96. The Morgan fingerprint density at radius 1 is 1.78 bits per heavy atom. The summed E-state index contributed by atoms with van der Waals surface area (Å²) in [6.07, 6.45) is 1.13. The monoisotopic (exact) mass is 146 g/mol. The summed E-state index contributed by atoms with van der Waals surface area (Å²) in [7, 11) is 0. The molecular weight excluding hydrogens is 132 g/mol. The number of nitrogens with zero attached hydrogens (tertiary/aromatic N) is 1. The molecule has 3 heteroatoms. The molecule has 0 aromatic heterocycles. The molecule has 0 bridgehead atoms. The Labute approximate surface area is 62.0 Å². The number of thiol groups is 1. The van der Waals surface area contributed by atoms with Gasteiger partial charge in [-0.1, -0.05) is 6.92 Å². The van der Waals surface area contributed by atoms with E-state index in [1.54, 1.807) is 0 Å². The molecule has 1 aliphatic heterocycles. The van der Waals surface area contributed by atoms with Gasteiger partial charge in [0.15, 0.2) is 0 Å². The van der Waals surface area contributed by atoms with Crippen molar-refractivity contribution in [1.82, 2.24) is 10.2 Å². The quantitative estimate of drug-likeness (QED) is 0.552. The summed E-state index contributed by atoms with van der Waals surface area (Å²) in [4.78, 5) is 2.34. The van der Waals surface area contributed by atoms with E-state index in [0.717, 1.165) is 26.2 Å². The predicted octanol–water partition coefficient (Wildman–Crippen LogP) is 0.515. The lowest BCUT2D eigenvalue weighted by Crippen LogP contribution is -2.29. The van der Waals surface area contributed by atoms with Crippen molar-refractivity contribution in [3.63, 3.8) is 0 Å². The van der Waals surface area contributed by atoms with Crippen molar-refractivity contribution in [2.45, 2.75) is 18.7 Å². The van der Waals surface area contributed by atoms with Crippen LogP contribution in [0, 0.1) is 0 Å². The molecular formula is C6H14N2S. The van der Waals surface area contributed by atoms with E-state index in [1.165, 1.54) is 0 Å². The van der Waals surface area contributed by atoms with Gasteiger partial charge in [0.25, 0.3) is 0 Å². The zero-order valence-electron chi connectivity index (χ0n) is 5.80. The summed E-state index contributed by atoms with van der Waals surface area (Å²) in [5, 5.41) is 3.72. The van der Waals surface area contributed by atoms with E-state index in [-0.39, 0.29) is 0 Å². The van der Waals surface area contributed by atoms with Crippen molar-refractivity contribution in [3.05, 3.63) is 0 Å². The number of rotatable bonds is 2. The fourth-order valence-corrected chi connectivity index (χ4v) is 1.23. The molecule has 1 N–H and O–H groups in total. The smallest absolute Gasteiger partial charge is 0.0537 e. The van der Waals surface area contributed by atoms with Crippen LogP contribution in [0.1, 0.15) is 13.3 Å². The van der Waals surface area contributed by atoms with Crippen molar-refractivity contribution in [2.75, 3.05) is 19.8 Å². The molecule has 2 nitrogen and oxygen atoms in total. The van der Waals surface area contributed by atoms with Crippen LogP contribution >= 0.6 is 12.6 Å². The topological polar surface area (TPSA) is 15.3 Å². The number of nitrogens with one attached hydrogen (secondary N) is 1. The summed E-state index contributed by atoms with van der Waals surface area (Å²) in [5.74, 6) is 0. The van der Waals surface area contributed by atoms with Crippen LogP contribution in [0.5, 0.6) is 0 Å². The van der Waals surface area contributed by atoms with Gasteiger partial charge in [0.2, 0.25) is 0 Å². The molecule has 0 aromatic rings. The maximum absolute atomic E-state index is 4.41. The minimum atomic E-state index is 0.458. The third-order valence-electron chi connectivity index (χ3n) is 1.68. The first kappa shape index (κ1) is 7.38. The summed E-state index contributed by atoms with van der Waals surface area (Å²) >= 11 is 4.41. The summed E-state index contributed by atoms with van der Waals surface area (Å²) in [5.41, 5.74) is 0. The third-order valence-corrected chi connectivity index (χ3v) is 2.37. The van der Waals surface area contributed by atoms with Crippen molar-refractivity contribution < 1.29 is 0 Å². The van der Waals surface area contributed by atoms with E-state index in [1.807, 2.05) is 0 Å². The lowest BCUT2D eigenvalue weighted by Gasteiger charge is -2.19. The van der Waals surface area contributed by atoms with Crippen LogP contribution in [0.3, 0.4) is 0 Å². The molecule has 1 unspecified atom stereocenters. The van der Waals surface area contributed by atoms with Gasteiger partial charge in [-0.05, 0) is 6.42 Å². The van der Waals surface area contributed by atoms with Crippen LogP contribution in [0.2, 0.25) is 0 Å². The van der Waals surface area contributed by atoms with E-state index in [2.05, 4.69) is 29.8 Å². The molecule has 1 saturated heterocycles. The zero-order chi connectivity index (χ0) is 6.69. The highest BCUT2D eigenvalue weighted by Gasteiger charge is 2.15. The van der Waals surface area contributed by atoms with Crippen molar-refractivity contribution in [1.29, 1.82) is 0 Å². The fraction of sp³-hybridized carbons (Fsp3) is 1.00. The maximum atomic E-state index is 4.41. The van der Waals surface area contributed by atoms with E-state index >= 15 is 0 Å². The van der Waals surface area contributed by atoms with Crippen molar-refractivity contribution in [3.8, 4) is 0 Å². The van der Waals surface area contributed by atoms with E-state index in [9.17, 15) is 0 Å². The van der Waals surface area contributed by atoms with Gasteiger partial charge in [0, 0.05) is 19.8 Å². The van der Waals surface area contributed by atoms with E-state index < -0.39 is 0 Å². The molecule has 1 aliphatic rings. The summed E-state index contributed by atoms with van der Waals surface area (Å²) in [6.45, 7) is 5.46. The first-order valence-corrected chi connectivity index (χ1v) is 3.99. The van der Waals surface area contributed by atoms with E-state index in [0.29, 0.717) is 5.37 Å². The Bertz CT molecular complexity index is 81.1. The van der Waals surface area contributed by atoms with Crippen LogP contribution in [-0.2, 0) is 0 Å². The Morgan fingerprint density at radius 2 is 2.56 bits per heavy atom. The van der Waals surface area contributed by atoms with Crippen LogP contribution in [-0.4, -0.2) is 30.0 Å². The molecule has 0 aliphatic carbocycles. The first-order chi connectivity index (χ1) is 4.34. The van der Waals surface area contributed by atoms with Crippen LogP contribution in [0.25, 0.3) is 0 Å². The Hall–Kier alpha value is 0.270. The predicted molar refractivity (Wildman–Crippen MR) is 42.6 cm³/mol. The third kappa shape index (κ3) is 1.85. The molecule has 1 fully saturated rings. The highest BCUT2D eigenvalue weighted by atomic mass is 32.1. The minimum Gasteiger partial charge on any atom is -0.303 e. The standard InChI is InChI=1S/C6H14N2S/c1-2-6(9)8-4-3-7-5-8/h6-7,9H,2-5H2,1H3. The molecule has 0 spiro atoms. The van der Waals surface area contributed by atoms with Gasteiger partial charge < -0.3 is 5.32 Å². The van der Waals surface area contributed by atoms with Crippen LogP contribution < -0.4 is 5.32 Å². The normalized spacial score (nSPS) is 24.7. The molecule has 0 amide bonds. The maximum Gasteiger partial charge on any atom is 0.0537 e. The highest BCUT2D eigenvalue weighted by molar-refractivity contribution is 7.80.